The van der Waals surface area contributed by atoms with Crippen LogP contribution in [0.25, 0.3) is 4.96 Å². The molecule has 2 N–H and O–H groups in total. The van der Waals surface area contributed by atoms with Gasteiger partial charge in [-0.05, 0) is 12.8 Å². The Hall–Kier alpha value is -1.11. The lowest BCUT2D eigenvalue weighted by Gasteiger charge is -2.23. The lowest BCUT2D eigenvalue weighted by atomic mass is 10.3. The summed E-state index contributed by atoms with van der Waals surface area (Å²) in [7, 11) is 0. The van der Waals surface area contributed by atoms with E-state index in [9.17, 15) is 5.11 Å². The van der Waals surface area contributed by atoms with Gasteiger partial charge in [0.1, 0.15) is 0 Å². The molecule has 0 spiro atoms. The lowest BCUT2D eigenvalue weighted by Crippen LogP contribution is -2.31. The molecule has 1 aliphatic rings. The predicted molar refractivity (Wildman–Crippen MR) is 82.5 cm³/mol. The summed E-state index contributed by atoms with van der Waals surface area (Å²) < 4.78 is 2.17. The van der Waals surface area contributed by atoms with Gasteiger partial charge in [-0.3, -0.25) is 4.40 Å². The maximum Gasteiger partial charge on any atom is 0.195 e. The second-order valence-corrected chi connectivity index (χ2v) is 6.49. The van der Waals surface area contributed by atoms with Crippen molar-refractivity contribution >= 4 is 22.1 Å². The highest BCUT2D eigenvalue weighted by molar-refractivity contribution is 7.15. The second-order valence-electron chi connectivity index (χ2n) is 5.62. The second kappa shape index (κ2) is 5.71. The minimum atomic E-state index is 0.179. The number of rotatable bonds is 7. The maximum absolute atomic E-state index is 9.32. The molecule has 1 saturated carbocycles. The average molecular weight is 294 g/mol. The van der Waals surface area contributed by atoms with Crippen molar-refractivity contribution in [1.29, 1.82) is 0 Å². The van der Waals surface area contributed by atoms with Gasteiger partial charge >= 0.3 is 0 Å². The fourth-order valence-corrected chi connectivity index (χ4v) is 3.20. The normalized spacial score (nSPS) is 15.4. The first-order valence-corrected chi connectivity index (χ1v) is 8.14. The first-order valence-electron chi connectivity index (χ1n) is 7.26. The average Bonchev–Trinajstić information content (AvgIpc) is 3.04. The highest BCUT2D eigenvalue weighted by atomic mass is 32.1. The number of anilines is 1. The van der Waals surface area contributed by atoms with Gasteiger partial charge in [0.2, 0.25) is 0 Å². The van der Waals surface area contributed by atoms with Crippen LogP contribution in [0.4, 0.5) is 5.82 Å². The summed E-state index contributed by atoms with van der Waals surface area (Å²) in [6.07, 6.45) is 4.50. The van der Waals surface area contributed by atoms with Crippen LogP contribution in [0.3, 0.4) is 0 Å². The van der Waals surface area contributed by atoms with E-state index in [1.807, 2.05) is 0 Å². The lowest BCUT2D eigenvalue weighted by molar-refractivity contribution is 0.301. The molecule has 20 heavy (non-hydrogen) atoms. The molecule has 0 atom stereocenters. The number of nitrogens with one attached hydrogen (secondary N) is 1. The largest absolute Gasteiger partial charge is 0.395 e. The number of aliphatic hydroxyl groups is 1. The maximum atomic E-state index is 9.32. The molecule has 0 aliphatic heterocycles. The summed E-state index contributed by atoms with van der Waals surface area (Å²) in [6, 6.07) is 1.00. The summed E-state index contributed by atoms with van der Waals surface area (Å²) in [4.78, 5) is 8.09. The zero-order chi connectivity index (χ0) is 14.1. The van der Waals surface area contributed by atoms with Crippen molar-refractivity contribution in [3.05, 3.63) is 17.3 Å². The standard InChI is InChI=1S/C14H22N4OS/c1-10(2)15-9-12-13(16-14-18(12)6-8-20-14)17(5-7-19)11-3-4-11/h6,8,10-11,15,19H,3-5,7,9H2,1-2H3. The van der Waals surface area contributed by atoms with Crippen LogP contribution in [0.5, 0.6) is 0 Å². The van der Waals surface area contributed by atoms with E-state index < -0.39 is 0 Å². The Labute approximate surface area is 123 Å². The number of thiazole rings is 1. The quantitative estimate of drug-likeness (QED) is 0.818. The zero-order valence-corrected chi connectivity index (χ0v) is 12.9. The zero-order valence-electron chi connectivity index (χ0n) is 12.0. The Morgan fingerprint density at radius 1 is 1.55 bits per heavy atom. The predicted octanol–water partition coefficient (Wildman–Crippen LogP) is 1.85. The number of fused-ring (bicyclic) bond motifs is 1. The number of imidazole rings is 1. The molecule has 0 saturated heterocycles. The summed E-state index contributed by atoms with van der Waals surface area (Å²) >= 11 is 1.66. The van der Waals surface area contributed by atoms with Gasteiger partial charge in [0.15, 0.2) is 10.8 Å². The van der Waals surface area contributed by atoms with Gasteiger partial charge in [-0.15, -0.1) is 11.3 Å². The van der Waals surface area contributed by atoms with Crippen molar-refractivity contribution in [3.63, 3.8) is 0 Å². The van der Waals surface area contributed by atoms with E-state index in [0.29, 0.717) is 18.6 Å². The molecule has 6 heteroatoms. The van der Waals surface area contributed by atoms with Gasteiger partial charge in [-0.25, -0.2) is 4.98 Å². The Bertz CT molecular complexity index is 573. The van der Waals surface area contributed by atoms with Crippen molar-refractivity contribution in [3.8, 4) is 0 Å². The summed E-state index contributed by atoms with van der Waals surface area (Å²) in [6.45, 7) is 5.96. The van der Waals surface area contributed by atoms with Crippen LogP contribution in [0.1, 0.15) is 32.4 Å². The molecule has 5 nitrogen and oxygen atoms in total. The van der Waals surface area contributed by atoms with E-state index in [2.05, 4.69) is 40.0 Å². The first-order chi connectivity index (χ1) is 9.70. The number of hydrogen-bond acceptors (Lipinski definition) is 5. The van der Waals surface area contributed by atoms with Crippen LogP contribution in [0, 0.1) is 0 Å². The van der Waals surface area contributed by atoms with Crippen LogP contribution in [-0.2, 0) is 6.54 Å². The molecule has 0 amide bonds. The molecule has 0 unspecified atom stereocenters. The van der Waals surface area contributed by atoms with E-state index in [4.69, 9.17) is 4.98 Å². The third-order valence-electron chi connectivity index (χ3n) is 3.62. The summed E-state index contributed by atoms with van der Waals surface area (Å²) in [5, 5.41) is 14.9. The number of nitrogens with zero attached hydrogens (tertiary/aromatic N) is 3. The molecular formula is C14H22N4OS. The summed E-state index contributed by atoms with van der Waals surface area (Å²) in [5.41, 5.74) is 1.20. The molecule has 3 rings (SSSR count). The molecule has 1 fully saturated rings. The van der Waals surface area contributed by atoms with Gasteiger partial charge in [-0.1, -0.05) is 13.8 Å². The minimum absolute atomic E-state index is 0.179. The minimum Gasteiger partial charge on any atom is -0.395 e. The molecule has 0 aromatic carbocycles. The Morgan fingerprint density at radius 3 is 3.00 bits per heavy atom. The van der Waals surface area contributed by atoms with Gasteiger partial charge in [0.25, 0.3) is 0 Å². The highest BCUT2D eigenvalue weighted by Gasteiger charge is 2.32. The molecule has 2 aromatic rings. The fraction of sp³-hybridized carbons (Fsp3) is 0.643. The van der Waals surface area contributed by atoms with Crippen LogP contribution < -0.4 is 10.2 Å². The number of aliphatic hydroxyl groups excluding tert-OH is 1. The van der Waals surface area contributed by atoms with E-state index in [1.165, 1.54) is 18.5 Å². The smallest absolute Gasteiger partial charge is 0.195 e. The molecule has 2 heterocycles. The number of hydrogen-bond donors (Lipinski definition) is 2. The number of aromatic nitrogens is 2. The Kier molecular flexibility index (Phi) is 3.96. The molecule has 110 valence electrons. The van der Waals surface area contributed by atoms with Crippen LogP contribution in [0.15, 0.2) is 11.6 Å². The van der Waals surface area contributed by atoms with Crippen molar-refractivity contribution in [1.82, 2.24) is 14.7 Å². The summed E-state index contributed by atoms with van der Waals surface area (Å²) in [5.74, 6) is 1.04. The van der Waals surface area contributed by atoms with Gasteiger partial charge in [0.05, 0.1) is 12.3 Å². The molecule has 1 aliphatic carbocycles. The van der Waals surface area contributed by atoms with Crippen molar-refractivity contribution < 1.29 is 5.11 Å². The molecule has 0 radical (unpaired) electrons. The SMILES string of the molecule is CC(C)NCc1c(N(CCO)C2CC2)nc2sccn12. The first kappa shape index (κ1) is 13.9. The third kappa shape index (κ3) is 2.68. The van der Waals surface area contributed by atoms with E-state index >= 15 is 0 Å². The van der Waals surface area contributed by atoms with Crippen molar-refractivity contribution in [2.75, 3.05) is 18.1 Å². The van der Waals surface area contributed by atoms with Gasteiger partial charge < -0.3 is 15.3 Å². The molecule has 0 bridgehead atoms. The van der Waals surface area contributed by atoms with E-state index in [0.717, 1.165) is 17.3 Å². The molecule has 2 aromatic heterocycles. The monoisotopic (exact) mass is 294 g/mol. The van der Waals surface area contributed by atoms with Gasteiger partial charge in [0, 0.05) is 36.8 Å². The van der Waals surface area contributed by atoms with Crippen LogP contribution in [0.2, 0.25) is 0 Å². The van der Waals surface area contributed by atoms with Crippen LogP contribution in [-0.4, -0.2) is 39.7 Å². The topological polar surface area (TPSA) is 52.8 Å². The van der Waals surface area contributed by atoms with Crippen molar-refractivity contribution in [2.45, 2.75) is 45.3 Å². The van der Waals surface area contributed by atoms with E-state index in [1.54, 1.807) is 11.3 Å². The third-order valence-corrected chi connectivity index (χ3v) is 4.37. The van der Waals surface area contributed by atoms with Crippen molar-refractivity contribution in [2.24, 2.45) is 0 Å². The van der Waals surface area contributed by atoms with Gasteiger partial charge in [-0.2, -0.15) is 0 Å². The van der Waals surface area contributed by atoms with Crippen LogP contribution >= 0.6 is 11.3 Å². The molecular weight excluding hydrogens is 272 g/mol. The highest BCUT2D eigenvalue weighted by Crippen LogP contribution is 2.34. The fourth-order valence-electron chi connectivity index (χ4n) is 2.47. The Balaban J connectivity index is 1.94. The Morgan fingerprint density at radius 2 is 2.35 bits per heavy atom. The van der Waals surface area contributed by atoms with E-state index in [-0.39, 0.29) is 6.61 Å².